The average molecular weight is 360 g/mol. The van der Waals surface area contributed by atoms with Crippen molar-refractivity contribution in [2.45, 2.75) is 46.2 Å². The molecular formula is C22H37N3O. The van der Waals surface area contributed by atoms with Crippen LogP contribution in [0.3, 0.4) is 0 Å². The molecule has 2 fully saturated rings. The molecule has 4 nitrogen and oxygen atoms in total. The highest BCUT2D eigenvalue weighted by molar-refractivity contribution is 5.41. The maximum atomic E-state index is 5.45. The molecule has 2 saturated heterocycles. The summed E-state index contributed by atoms with van der Waals surface area (Å²) in [4.78, 5) is 7.81. The summed E-state index contributed by atoms with van der Waals surface area (Å²) in [6.07, 6.45) is 2.67. The molecule has 1 aromatic carbocycles. The molecule has 0 radical (unpaired) electrons. The van der Waals surface area contributed by atoms with Gasteiger partial charge in [0.25, 0.3) is 0 Å². The lowest BCUT2D eigenvalue weighted by atomic mass is 9.88. The van der Waals surface area contributed by atoms with Crippen LogP contribution < -0.4 is 4.74 Å². The second-order valence-corrected chi connectivity index (χ2v) is 8.44. The average Bonchev–Trinajstić information content (AvgIpc) is 2.65. The van der Waals surface area contributed by atoms with Gasteiger partial charge in [-0.2, -0.15) is 0 Å². The molecular weight excluding hydrogens is 322 g/mol. The number of likely N-dealkylation sites (tertiary alicyclic amines) is 1. The molecule has 0 bridgehead atoms. The summed E-state index contributed by atoms with van der Waals surface area (Å²) in [7, 11) is 4.00. The lowest BCUT2D eigenvalue weighted by Crippen LogP contribution is -2.51. The van der Waals surface area contributed by atoms with Crippen LogP contribution in [0.2, 0.25) is 0 Å². The fourth-order valence-corrected chi connectivity index (χ4v) is 4.60. The van der Waals surface area contributed by atoms with E-state index in [1.165, 1.54) is 68.8 Å². The number of rotatable bonds is 5. The molecule has 26 heavy (non-hydrogen) atoms. The largest absolute Gasteiger partial charge is 0.496 e. The van der Waals surface area contributed by atoms with E-state index in [2.05, 4.69) is 54.7 Å². The minimum atomic E-state index is 0.732. The summed E-state index contributed by atoms with van der Waals surface area (Å²) in [5, 5.41) is 0. The number of likely N-dealkylation sites (N-methyl/N-ethyl adjacent to an activating group) is 1. The monoisotopic (exact) mass is 359 g/mol. The maximum absolute atomic E-state index is 5.45. The van der Waals surface area contributed by atoms with Crippen LogP contribution in [0.1, 0.15) is 36.5 Å². The van der Waals surface area contributed by atoms with Gasteiger partial charge in [0.05, 0.1) is 7.11 Å². The van der Waals surface area contributed by atoms with Crippen molar-refractivity contribution in [3.8, 4) is 5.75 Å². The van der Waals surface area contributed by atoms with Crippen molar-refractivity contribution in [3.63, 3.8) is 0 Å². The predicted molar refractivity (Wildman–Crippen MR) is 109 cm³/mol. The number of ether oxygens (including phenoxy) is 1. The van der Waals surface area contributed by atoms with Gasteiger partial charge in [-0.1, -0.05) is 6.07 Å². The first kappa shape index (κ1) is 19.7. The maximum Gasteiger partial charge on any atom is 0.122 e. The Kier molecular flexibility index (Phi) is 6.60. The van der Waals surface area contributed by atoms with Gasteiger partial charge in [0.2, 0.25) is 0 Å². The minimum Gasteiger partial charge on any atom is -0.496 e. The molecule has 1 atom stereocenters. The Bertz CT molecular complexity index is 587. The Morgan fingerprint density at radius 2 is 1.65 bits per heavy atom. The number of piperidine rings is 1. The third kappa shape index (κ3) is 4.59. The smallest absolute Gasteiger partial charge is 0.122 e. The first-order valence-corrected chi connectivity index (χ1v) is 10.3. The zero-order chi connectivity index (χ0) is 18.7. The number of methoxy groups -OCH3 is 1. The Balaban J connectivity index is 1.52. The van der Waals surface area contributed by atoms with Crippen LogP contribution in [0.5, 0.6) is 5.75 Å². The van der Waals surface area contributed by atoms with Gasteiger partial charge in [-0.25, -0.2) is 0 Å². The van der Waals surface area contributed by atoms with Crippen LogP contribution >= 0.6 is 0 Å². The van der Waals surface area contributed by atoms with Gasteiger partial charge in [-0.15, -0.1) is 0 Å². The van der Waals surface area contributed by atoms with E-state index < -0.39 is 0 Å². The molecule has 2 aliphatic rings. The second kappa shape index (κ2) is 8.73. The zero-order valence-electron chi connectivity index (χ0n) is 17.4. The van der Waals surface area contributed by atoms with E-state index in [4.69, 9.17) is 4.74 Å². The minimum absolute atomic E-state index is 0.732. The first-order valence-electron chi connectivity index (χ1n) is 10.3. The predicted octanol–water partition coefficient (Wildman–Crippen LogP) is 3.16. The van der Waals surface area contributed by atoms with Crippen molar-refractivity contribution >= 4 is 0 Å². The van der Waals surface area contributed by atoms with Gasteiger partial charge >= 0.3 is 0 Å². The molecule has 0 aromatic heterocycles. The molecule has 4 heteroatoms. The fourth-order valence-electron chi connectivity index (χ4n) is 4.60. The molecule has 1 aromatic rings. The molecule has 0 saturated carbocycles. The zero-order valence-corrected chi connectivity index (χ0v) is 17.4. The van der Waals surface area contributed by atoms with Gasteiger partial charge < -0.3 is 9.64 Å². The van der Waals surface area contributed by atoms with Crippen LogP contribution in [0, 0.1) is 19.8 Å². The Labute approximate surface area is 160 Å². The molecule has 0 N–H and O–H groups in total. The number of nitrogens with zero attached hydrogens (tertiary/aromatic N) is 3. The third-order valence-corrected chi connectivity index (χ3v) is 6.68. The lowest BCUT2D eigenvalue weighted by molar-refractivity contribution is 0.0598. The van der Waals surface area contributed by atoms with Crippen LogP contribution in [-0.4, -0.2) is 74.2 Å². The summed E-state index contributed by atoms with van der Waals surface area (Å²) in [5.74, 6) is 1.86. The Morgan fingerprint density at radius 1 is 1.00 bits per heavy atom. The van der Waals surface area contributed by atoms with Crippen LogP contribution in [0.25, 0.3) is 0 Å². The molecule has 2 aliphatic heterocycles. The summed E-state index contributed by atoms with van der Waals surface area (Å²) in [5.41, 5.74) is 4.04. The number of piperazine rings is 1. The molecule has 0 aliphatic carbocycles. The van der Waals surface area contributed by atoms with E-state index in [0.29, 0.717) is 0 Å². The van der Waals surface area contributed by atoms with Crippen LogP contribution in [0.15, 0.2) is 12.1 Å². The number of hydrogen-bond donors (Lipinski definition) is 0. The molecule has 0 unspecified atom stereocenters. The van der Waals surface area contributed by atoms with E-state index >= 15 is 0 Å². The number of benzene rings is 1. The van der Waals surface area contributed by atoms with E-state index in [-0.39, 0.29) is 0 Å². The van der Waals surface area contributed by atoms with Crippen LogP contribution in [0.4, 0.5) is 0 Å². The molecule has 146 valence electrons. The van der Waals surface area contributed by atoms with E-state index in [9.17, 15) is 0 Å². The summed E-state index contributed by atoms with van der Waals surface area (Å²) in [6, 6.07) is 5.23. The van der Waals surface area contributed by atoms with Crippen LogP contribution in [-0.2, 0) is 6.54 Å². The van der Waals surface area contributed by atoms with Gasteiger partial charge in [-0.3, -0.25) is 9.80 Å². The van der Waals surface area contributed by atoms with Gasteiger partial charge in [0.15, 0.2) is 0 Å². The Morgan fingerprint density at radius 3 is 2.27 bits per heavy atom. The van der Waals surface area contributed by atoms with Crippen molar-refractivity contribution < 1.29 is 4.74 Å². The van der Waals surface area contributed by atoms with Crippen molar-refractivity contribution in [1.82, 2.24) is 14.7 Å². The standard InChI is InChI=1S/C22H37N3O/c1-17-15-22(26-5)18(2)14-21(17)16-24-8-6-20(7-9-24)19(3)25-12-10-23(4)11-13-25/h14-15,19-20H,6-13,16H2,1-5H3/t19-/m0/s1. The van der Waals surface area contributed by atoms with Crippen molar-refractivity contribution in [1.29, 1.82) is 0 Å². The second-order valence-electron chi connectivity index (χ2n) is 8.44. The van der Waals surface area contributed by atoms with E-state index in [1.807, 2.05) is 0 Å². The molecule has 3 rings (SSSR count). The fraction of sp³-hybridized carbons (Fsp3) is 0.727. The molecule has 0 spiro atoms. The van der Waals surface area contributed by atoms with Crippen molar-refractivity contribution in [2.24, 2.45) is 5.92 Å². The summed E-state index contributed by atoms with van der Waals surface area (Å²) in [6.45, 7) is 15.3. The topological polar surface area (TPSA) is 19.0 Å². The lowest BCUT2D eigenvalue weighted by Gasteiger charge is -2.42. The third-order valence-electron chi connectivity index (χ3n) is 6.68. The number of hydrogen-bond acceptors (Lipinski definition) is 4. The SMILES string of the molecule is COc1cc(C)c(CN2CCC([C@H](C)N3CCN(C)CC3)CC2)cc1C. The molecule has 0 amide bonds. The van der Waals surface area contributed by atoms with Crippen molar-refractivity contribution in [2.75, 3.05) is 53.4 Å². The van der Waals surface area contributed by atoms with Crippen molar-refractivity contribution in [3.05, 3.63) is 28.8 Å². The highest BCUT2D eigenvalue weighted by Crippen LogP contribution is 2.28. The van der Waals surface area contributed by atoms with E-state index in [0.717, 1.165) is 24.3 Å². The van der Waals surface area contributed by atoms with Gasteiger partial charge in [-0.05, 0) is 82.4 Å². The van der Waals surface area contributed by atoms with E-state index in [1.54, 1.807) is 7.11 Å². The highest BCUT2D eigenvalue weighted by Gasteiger charge is 2.29. The Hall–Kier alpha value is -1.10. The summed E-state index contributed by atoms with van der Waals surface area (Å²) < 4.78 is 5.45. The highest BCUT2D eigenvalue weighted by atomic mass is 16.5. The normalized spacial score (nSPS) is 22.5. The quantitative estimate of drug-likeness (QED) is 0.804. The summed E-state index contributed by atoms with van der Waals surface area (Å²) >= 11 is 0. The van der Waals surface area contributed by atoms with Gasteiger partial charge in [0, 0.05) is 38.8 Å². The molecule has 2 heterocycles. The first-order chi connectivity index (χ1) is 12.5. The number of aryl methyl sites for hydroxylation is 2. The van der Waals surface area contributed by atoms with Gasteiger partial charge in [0.1, 0.15) is 5.75 Å².